The van der Waals surface area contributed by atoms with Gasteiger partial charge < -0.3 is 25.3 Å². The van der Waals surface area contributed by atoms with Gasteiger partial charge in [0.1, 0.15) is 24.0 Å². The molecule has 186 valence electrons. The minimum atomic E-state index is -0.392. The number of nitrogens with two attached hydrogens (primary N) is 1. The Morgan fingerprint density at radius 1 is 1.28 bits per heavy atom. The molecule has 1 aliphatic rings. The topological polar surface area (TPSA) is 117 Å². The van der Waals surface area contributed by atoms with E-state index in [2.05, 4.69) is 25.3 Å². The van der Waals surface area contributed by atoms with Gasteiger partial charge in [-0.15, -0.1) is 11.3 Å². The van der Waals surface area contributed by atoms with Crippen LogP contribution in [-0.2, 0) is 9.47 Å². The van der Waals surface area contributed by atoms with Crippen LogP contribution >= 0.6 is 11.3 Å². The van der Waals surface area contributed by atoms with Crippen molar-refractivity contribution in [3.05, 3.63) is 53.2 Å². The summed E-state index contributed by atoms with van der Waals surface area (Å²) in [6.45, 7) is 3.25. The van der Waals surface area contributed by atoms with E-state index in [1.54, 1.807) is 30.9 Å². The number of benzene rings is 2. The largest absolute Gasteiger partial charge is 0.493 e. The van der Waals surface area contributed by atoms with Gasteiger partial charge in [-0.1, -0.05) is 0 Å². The van der Waals surface area contributed by atoms with Gasteiger partial charge in [-0.2, -0.15) is 0 Å². The molecule has 1 atom stereocenters. The fourth-order valence-corrected chi connectivity index (χ4v) is 4.66. The highest BCUT2D eigenvalue weighted by Gasteiger charge is 2.28. The summed E-state index contributed by atoms with van der Waals surface area (Å²) in [6, 6.07) is 7.03. The predicted molar refractivity (Wildman–Crippen MR) is 139 cm³/mol. The van der Waals surface area contributed by atoms with Crippen molar-refractivity contribution in [1.82, 2.24) is 15.0 Å². The molecule has 0 spiro atoms. The molecule has 4 aromatic rings. The number of nitrogens with zero attached hydrogens (tertiary/aromatic N) is 4. The minimum Gasteiger partial charge on any atom is -0.493 e. The van der Waals surface area contributed by atoms with Gasteiger partial charge in [-0.05, 0) is 31.2 Å². The number of fused-ring (bicyclic) bond motifs is 2. The van der Waals surface area contributed by atoms with Gasteiger partial charge in [0.25, 0.3) is 0 Å². The Hall–Kier alpha value is -3.83. The van der Waals surface area contributed by atoms with Gasteiger partial charge in [0.05, 0.1) is 64.6 Å². The third-order valence-corrected chi connectivity index (χ3v) is 6.91. The van der Waals surface area contributed by atoms with Crippen molar-refractivity contribution in [1.29, 1.82) is 0 Å². The molecular weight excluding hydrogens is 483 g/mol. The van der Waals surface area contributed by atoms with E-state index in [1.165, 1.54) is 24.8 Å². The van der Waals surface area contributed by atoms with Crippen molar-refractivity contribution in [2.45, 2.75) is 13.0 Å². The zero-order valence-corrected chi connectivity index (χ0v) is 20.8. The van der Waals surface area contributed by atoms with Crippen molar-refractivity contribution < 1.29 is 18.6 Å². The predicted octanol–water partition coefficient (Wildman–Crippen LogP) is 4.51. The number of hydrogen-bond acceptors (Lipinski definition) is 10. The lowest BCUT2D eigenvalue weighted by atomic mass is 10.0. The Kier molecular flexibility index (Phi) is 6.66. The Morgan fingerprint density at radius 3 is 2.83 bits per heavy atom. The molecular formula is C25H25FN6O3S. The van der Waals surface area contributed by atoms with E-state index in [0.29, 0.717) is 62.9 Å². The zero-order chi connectivity index (χ0) is 25.2. The van der Waals surface area contributed by atoms with Crippen LogP contribution in [0.25, 0.3) is 26.8 Å². The minimum absolute atomic E-state index is 0.139. The van der Waals surface area contributed by atoms with Gasteiger partial charge in [0, 0.05) is 18.5 Å². The second kappa shape index (κ2) is 10.0. The molecule has 0 radical (unpaired) electrons. The molecule has 3 N–H and O–H groups in total. The van der Waals surface area contributed by atoms with Crippen LogP contribution in [0.15, 0.2) is 46.9 Å². The first kappa shape index (κ1) is 23.9. The number of ether oxygens (including phenoxy) is 3. The zero-order valence-electron chi connectivity index (χ0n) is 20.0. The number of methoxy groups -OCH3 is 1. The van der Waals surface area contributed by atoms with Crippen LogP contribution in [0, 0.1) is 11.7 Å². The molecule has 9 nitrogen and oxygen atoms in total. The number of allylic oxidation sites excluding steroid dienone is 1. The van der Waals surface area contributed by atoms with E-state index in [0.717, 1.165) is 0 Å². The average Bonchev–Trinajstić information content (AvgIpc) is 3.32. The van der Waals surface area contributed by atoms with Crippen LogP contribution in [-0.4, -0.2) is 54.6 Å². The molecule has 0 amide bonds. The smallest absolute Gasteiger partial charge is 0.166 e. The number of thiazole rings is 1. The quantitative estimate of drug-likeness (QED) is 0.264. The summed E-state index contributed by atoms with van der Waals surface area (Å²) in [5.74, 6) is 1.19. The van der Waals surface area contributed by atoms with E-state index in [9.17, 15) is 0 Å². The standard InChI is InChI=1S/C25H25FN6O3S/c1-13(15-9-34-10-15)35-19-7-14(23(27)20(33-3)8-28-2)6-18-21(19)25(30-11-29-18)32-16-4-5-17-24(22(16)26)36-12-31-17/h4-8,11-13,15H,9-10,27H2,1-3H3,(H,29,30,32)/b23-20+,28-8?. The van der Waals surface area contributed by atoms with E-state index < -0.39 is 5.82 Å². The average molecular weight is 509 g/mol. The van der Waals surface area contributed by atoms with Crippen LogP contribution in [0.5, 0.6) is 5.75 Å². The third-order valence-electron chi connectivity index (χ3n) is 6.08. The van der Waals surface area contributed by atoms with Crippen LogP contribution in [0.1, 0.15) is 12.5 Å². The lowest BCUT2D eigenvalue weighted by Crippen LogP contribution is -2.39. The van der Waals surface area contributed by atoms with Crippen LogP contribution < -0.4 is 15.8 Å². The van der Waals surface area contributed by atoms with Crippen LogP contribution in [0.3, 0.4) is 0 Å². The molecule has 5 rings (SSSR count). The number of aliphatic imine (C=N–C) groups is 1. The summed E-state index contributed by atoms with van der Waals surface area (Å²) < 4.78 is 32.8. The summed E-state index contributed by atoms with van der Waals surface area (Å²) in [4.78, 5) is 17.1. The van der Waals surface area contributed by atoms with Gasteiger partial charge in [-0.3, -0.25) is 4.99 Å². The maximum Gasteiger partial charge on any atom is 0.166 e. The van der Waals surface area contributed by atoms with Crippen molar-refractivity contribution in [3.63, 3.8) is 0 Å². The van der Waals surface area contributed by atoms with E-state index >= 15 is 4.39 Å². The second-order valence-electron chi connectivity index (χ2n) is 8.33. The second-order valence-corrected chi connectivity index (χ2v) is 9.19. The van der Waals surface area contributed by atoms with Crippen molar-refractivity contribution in [2.24, 2.45) is 16.6 Å². The molecule has 11 heteroatoms. The SMILES string of the molecule is CN=C/C(OC)=C(\N)c1cc(OC(C)C2COC2)c2c(Nc3ccc4ncsc4c3F)ncnc2c1. The van der Waals surface area contributed by atoms with Gasteiger partial charge in [0.2, 0.25) is 0 Å². The summed E-state index contributed by atoms with van der Waals surface area (Å²) >= 11 is 1.24. The molecule has 1 fully saturated rings. The fraction of sp³-hybridized carbons (Fsp3) is 0.280. The van der Waals surface area contributed by atoms with E-state index in [-0.39, 0.29) is 17.7 Å². The molecule has 0 bridgehead atoms. The maximum atomic E-state index is 15.2. The monoisotopic (exact) mass is 508 g/mol. The highest BCUT2D eigenvalue weighted by molar-refractivity contribution is 7.16. The Labute approximate surface area is 210 Å². The molecule has 1 aliphatic heterocycles. The number of hydrogen-bond donors (Lipinski definition) is 2. The lowest BCUT2D eigenvalue weighted by Gasteiger charge is -2.32. The Morgan fingerprint density at radius 2 is 2.11 bits per heavy atom. The highest BCUT2D eigenvalue weighted by atomic mass is 32.1. The number of aromatic nitrogens is 3. The number of nitrogens with one attached hydrogen (secondary N) is 1. The molecule has 2 aromatic heterocycles. The lowest BCUT2D eigenvalue weighted by molar-refractivity contribution is -0.0773. The normalized spacial score (nSPS) is 15.7. The highest BCUT2D eigenvalue weighted by Crippen LogP contribution is 2.37. The van der Waals surface area contributed by atoms with E-state index in [4.69, 9.17) is 19.9 Å². The van der Waals surface area contributed by atoms with Crippen molar-refractivity contribution in [3.8, 4) is 5.75 Å². The first-order valence-electron chi connectivity index (χ1n) is 11.3. The molecule has 2 aromatic carbocycles. The number of anilines is 2. The summed E-state index contributed by atoms with van der Waals surface area (Å²) in [7, 11) is 3.16. The molecule has 1 saturated heterocycles. The van der Waals surface area contributed by atoms with Gasteiger partial charge in [-0.25, -0.2) is 19.3 Å². The maximum absolute atomic E-state index is 15.2. The first-order valence-corrected chi connectivity index (χ1v) is 12.2. The molecule has 3 heterocycles. The fourth-order valence-electron chi connectivity index (χ4n) is 3.93. The van der Waals surface area contributed by atoms with Gasteiger partial charge >= 0.3 is 0 Å². The van der Waals surface area contributed by atoms with Crippen LogP contribution in [0.4, 0.5) is 15.9 Å². The summed E-state index contributed by atoms with van der Waals surface area (Å²) in [6.07, 6.45) is 2.81. The van der Waals surface area contributed by atoms with E-state index in [1.807, 2.05) is 19.1 Å². The van der Waals surface area contributed by atoms with Crippen molar-refractivity contribution >= 4 is 55.9 Å². The van der Waals surface area contributed by atoms with Crippen LogP contribution in [0.2, 0.25) is 0 Å². The molecule has 1 unspecified atom stereocenters. The van der Waals surface area contributed by atoms with Crippen molar-refractivity contribution in [2.75, 3.05) is 32.7 Å². The van der Waals surface area contributed by atoms with Gasteiger partial charge in [0.15, 0.2) is 11.6 Å². The first-order chi connectivity index (χ1) is 17.5. The number of halogens is 1. The Balaban J connectivity index is 1.64. The molecule has 0 saturated carbocycles. The summed E-state index contributed by atoms with van der Waals surface area (Å²) in [5, 5.41) is 3.73. The third kappa shape index (κ3) is 4.42. The molecule has 0 aliphatic carbocycles. The number of rotatable bonds is 8. The summed E-state index contributed by atoms with van der Waals surface area (Å²) in [5.41, 5.74) is 10.5. The molecule has 36 heavy (non-hydrogen) atoms. The Bertz CT molecular complexity index is 1480.